The van der Waals surface area contributed by atoms with Crippen LogP contribution in [0.15, 0.2) is 22.7 Å². The fraction of sp³-hybridized carbons (Fsp3) is 0.462. The molecule has 94 valence electrons. The van der Waals surface area contributed by atoms with E-state index in [2.05, 4.69) is 28.2 Å². The van der Waals surface area contributed by atoms with E-state index in [-0.39, 0.29) is 5.91 Å². The number of unbranched alkanes of at least 4 members (excludes halogenated alkanes) is 1. The molecule has 0 aliphatic rings. The van der Waals surface area contributed by atoms with Crippen LogP contribution in [0, 0.1) is 6.92 Å². The second-order valence-electron chi connectivity index (χ2n) is 4.17. The molecule has 1 atom stereocenters. The zero-order valence-corrected chi connectivity index (χ0v) is 11.9. The molecule has 0 aliphatic carbocycles. The lowest BCUT2D eigenvalue weighted by atomic mass is 10.1. The molecular weight excluding hydrogens is 280 g/mol. The van der Waals surface area contributed by atoms with Crippen molar-refractivity contribution in [3.05, 3.63) is 28.2 Å². The number of hydrogen-bond acceptors (Lipinski definition) is 2. The van der Waals surface area contributed by atoms with Gasteiger partial charge in [-0.1, -0.05) is 31.9 Å². The summed E-state index contributed by atoms with van der Waals surface area (Å²) in [6.45, 7) is 4.07. The molecule has 0 saturated heterocycles. The van der Waals surface area contributed by atoms with Crippen LogP contribution in [0.2, 0.25) is 0 Å². The lowest BCUT2D eigenvalue weighted by molar-refractivity contribution is -0.117. The van der Waals surface area contributed by atoms with Crippen molar-refractivity contribution in [1.82, 2.24) is 0 Å². The molecular formula is C13H19BrN2O. The number of benzene rings is 1. The van der Waals surface area contributed by atoms with Gasteiger partial charge in [0.25, 0.3) is 0 Å². The summed E-state index contributed by atoms with van der Waals surface area (Å²) >= 11 is 3.45. The number of aryl methyl sites for hydroxylation is 1. The summed E-state index contributed by atoms with van der Waals surface area (Å²) in [4.78, 5) is 11.8. The average molecular weight is 299 g/mol. The third-order valence-corrected chi connectivity index (χ3v) is 3.71. The van der Waals surface area contributed by atoms with Crippen LogP contribution in [0.3, 0.4) is 0 Å². The number of carbonyl (C=O) groups is 1. The highest BCUT2D eigenvalue weighted by atomic mass is 79.9. The Morgan fingerprint density at radius 1 is 1.53 bits per heavy atom. The normalized spacial score (nSPS) is 12.2. The van der Waals surface area contributed by atoms with Gasteiger partial charge in [0.1, 0.15) is 0 Å². The molecule has 0 saturated carbocycles. The van der Waals surface area contributed by atoms with E-state index in [1.807, 2.05) is 25.1 Å². The van der Waals surface area contributed by atoms with Crippen LogP contribution in [0.25, 0.3) is 0 Å². The molecule has 1 aromatic carbocycles. The van der Waals surface area contributed by atoms with E-state index in [1.165, 1.54) is 0 Å². The first-order valence-corrected chi connectivity index (χ1v) is 6.67. The Labute approximate surface area is 111 Å². The van der Waals surface area contributed by atoms with Crippen molar-refractivity contribution in [2.45, 2.75) is 39.2 Å². The molecule has 1 rings (SSSR count). The number of anilines is 1. The van der Waals surface area contributed by atoms with Gasteiger partial charge in [0, 0.05) is 4.47 Å². The Morgan fingerprint density at radius 3 is 2.88 bits per heavy atom. The zero-order valence-electron chi connectivity index (χ0n) is 10.3. The van der Waals surface area contributed by atoms with Crippen molar-refractivity contribution >= 4 is 27.5 Å². The Hall–Kier alpha value is -0.870. The molecule has 0 spiro atoms. The molecule has 3 N–H and O–H groups in total. The number of nitrogens with two attached hydrogens (primary N) is 1. The molecule has 0 bridgehead atoms. The van der Waals surface area contributed by atoms with Crippen LogP contribution in [0.5, 0.6) is 0 Å². The van der Waals surface area contributed by atoms with Crippen LogP contribution in [0.4, 0.5) is 5.69 Å². The third-order valence-electron chi connectivity index (χ3n) is 2.66. The van der Waals surface area contributed by atoms with Crippen molar-refractivity contribution in [1.29, 1.82) is 0 Å². The van der Waals surface area contributed by atoms with Crippen LogP contribution in [0.1, 0.15) is 31.7 Å². The first kappa shape index (κ1) is 14.2. The highest BCUT2D eigenvalue weighted by Crippen LogP contribution is 2.25. The number of rotatable bonds is 5. The summed E-state index contributed by atoms with van der Waals surface area (Å²) in [6, 6.07) is 5.33. The minimum atomic E-state index is -0.428. The summed E-state index contributed by atoms with van der Waals surface area (Å²) < 4.78 is 0.913. The number of halogens is 1. The second kappa shape index (κ2) is 6.77. The quantitative estimate of drug-likeness (QED) is 0.877. The Bertz CT molecular complexity index is 393. The van der Waals surface area contributed by atoms with E-state index in [1.54, 1.807) is 0 Å². The summed E-state index contributed by atoms with van der Waals surface area (Å²) in [7, 11) is 0. The number of nitrogens with one attached hydrogen (secondary N) is 1. The van der Waals surface area contributed by atoms with E-state index in [9.17, 15) is 4.79 Å². The number of carbonyl (C=O) groups excluding carboxylic acids is 1. The Balaban J connectivity index is 2.64. The largest absolute Gasteiger partial charge is 0.324 e. The van der Waals surface area contributed by atoms with Gasteiger partial charge >= 0.3 is 0 Å². The average Bonchev–Trinajstić information content (AvgIpc) is 2.31. The molecule has 0 unspecified atom stereocenters. The summed E-state index contributed by atoms with van der Waals surface area (Å²) in [5.41, 5.74) is 7.68. The van der Waals surface area contributed by atoms with Crippen molar-refractivity contribution in [2.75, 3.05) is 5.32 Å². The van der Waals surface area contributed by atoms with Gasteiger partial charge in [0.2, 0.25) is 5.91 Å². The van der Waals surface area contributed by atoms with Gasteiger partial charge in [-0.15, -0.1) is 0 Å². The third kappa shape index (κ3) is 4.13. The summed E-state index contributed by atoms with van der Waals surface area (Å²) in [5, 5.41) is 2.85. The van der Waals surface area contributed by atoms with Crippen LogP contribution in [-0.2, 0) is 4.79 Å². The molecule has 0 fully saturated rings. The summed E-state index contributed by atoms with van der Waals surface area (Å²) in [5.74, 6) is -0.121. The van der Waals surface area contributed by atoms with E-state index in [0.717, 1.165) is 35.0 Å². The van der Waals surface area contributed by atoms with Crippen LogP contribution in [-0.4, -0.2) is 11.9 Å². The predicted octanol–water partition coefficient (Wildman–Crippen LogP) is 3.21. The lowest BCUT2D eigenvalue weighted by Crippen LogP contribution is -2.35. The van der Waals surface area contributed by atoms with Gasteiger partial charge in [0.15, 0.2) is 0 Å². The van der Waals surface area contributed by atoms with E-state index >= 15 is 0 Å². The topological polar surface area (TPSA) is 55.1 Å². The van der Waals surface area contributed by atoms with E-state index < -0.39 is 6.04 Å². The smallest absolute Gasteiger partial charge is 0.241 e. The molecule has 0 radical (unpaired) electrons. The number of amides is 1. The standard InChI is InChI=1S/C13H19BrN2O/c1-3-4-7-10(15)13(17)16-11-8-5-6-9(2)12(11)14/h5-6,8,10H,3-4,7,15H2,1-2H3,(H,16,17)/t10-/m0/s1. The molecule has 0 aromatic heterocycles. The van der Waals surface area contributed by atoms with Gasteiger partial charge in [-0.3, -0.25) is 4.79 Å². The molecule has 0 heterocycles. The number of hydrogen-bond donors (Lipinski definition) is 2. The molecule has 17 heavy (non-hydrogen) atoms. The maximum atomic E-state index is 11.8. The highest BCUT2D eigenvalue weighted by molar-refractivity contribution is 9.10. The van der Waals surface area contributed by atoms with Crippen LogP contribution >= 0.6 is 15.9 Å². The minimum Gasteiger partial charge on any atom is -0.324 e. The maximum Gasteiger partial charge on any atom is 0.241 e. The van der Waals surface area contributed by atoms with Crippen molar-refractivity contribution in [2.24, 2.45) is 5.73 Å². The van der Waals surface area contributed by atoms with E-state index in [0.29, 0.717) is 0 Å². The molecule has 3 nitrogen and oxygen atoms in total. The van der Waals surface area contributed by atoms with Gasteiger partial charge < -0.3 is 11.1 Å². The van der Waals surface area contributed by atoms with Crippen molar-refractivity contribution in [3.63, 3.8) is 0 Å². The Kier molecular flexibility index (Phi) is 5.65. The van der Waals surface area contributed by atoms with Crippen molar-refractivity contribution < 1.29 is 4.79 Å². The molecule has 4 heteroatoms. The van der Waals surface area contributed by atoms with E-state index in [4.69, 9.17) is 5.73 Å². The Morgan fingerprint density at radius 2 is 2.24 bits per heavy atom. The SMILES string of the molecule is CCCC[C@H](N)C(=O)Nc1cccc(C)c1Br. The first-order valence-electron chi connectivity index (χ1n) is 5.87. The zero-order chi connectivity index (χ0) is 12.8. The minimum absolute atomic E-state index is 0.121. The monoisotopic (exact) mass is 298 g/mol. The second-order valence-corrected chi connectivity index (χ2v) is 4.97. The molecule has 0 aliphatic heterocycles. The predicted molar refractivity (Wildman–Crippen MR) is 75.0 cm³/mol. The fourth-order valence-electron chi connectivity index (χ4n) is 1.52. The first-order chi connectivity index (χ1) is 8.06. The summed E-state index contributed by atoms with van der Waals surface area (Å²) in [6.07, 6.45) is 2.75. The molecule has 1 amide bonds. The van der Waals surface area contributed by atoms with Crippen LogP contribution < -0.4 is 11.1 Å². The van der Waals surface area contributed by atoms with Gasteiger partial charge in [-0.25, -0.2) is 0 Å². The molecule has 1 aromatic rings. The maximum absolute atomic E-state index is 11.8. The van der Waals surface area contributed by atoms with Gasteiger partial charge in [-0.05, 0) is 40.9 Å². The fourth-order valence-corrected chi connectivity index (χ4v) is 1.89. The van der Waals surface area contributed by atoms with Gasteiger partial charge in [-0.2, -0.15) is 0 Å². The van der Waals surface area contributed by atoms with Gasteiger partial charge in [0.05, 0.1) is 11.7 Å². The van der Waals surface area contributed by atoms with Crippen molar-refractivity contribution in [3.8, 4) is 0 Å². The lowest BCUT2D eigenvalue weighted by Gasteiger charge is -2.13. The highest BCUT2D eigenvalue weighted by Gasteiger charge is 2.14.